The van der Waals surface area contributed by atoms with Crippen LogP contribution in [0.5, 0.6) is 0 Å². The molecule has 1 aliphatic carbocycles. The van der Waals surface area contributed by atoms with Crippen molar-refractivity contribution in [1.82, 2.24) is 5.32 Å². The van der Waals surface area contributed by atoms with Gasteiger partial charge in [-0.1, -0.05) is 6.07 Å². The summed E-state index contributed by atoms with van der Waals surface area (Å²) in [7, 11) is 0. The van der Waals surface area contributed by atoms with Crippen molar-refractivity contribution in [2.75, 3.05) is 6.54 Å². The van der Waals surface area contributed by atoms with Crippen LogP contribution in [0.3, 0.4) is 0 Å². The van der Waals surface area contributed by atoms with Crippen molar-refractivity contribution in [3.8, 4) is 0 Å². The summed E-state index contributed by atoms with van der Waals surface area (Å²) in [4.78, 5) is 1.57. The molecule has 1 N–H and O–H groups in total. The third-order valence-corrected chi connectivity index (χ3v) is 4.53. The number of nitrogens with one attached hydrogen (secondary N) is 1. The van der Waals surface area contributed by atoms with E-state index in [0.717, 1.165) is 5.92 Å². The van der Waals surface area contributed by atoms with Gasteiger partial charge in [-0.15, -0.1) is 11.3 Å². The van der Waals surface area contributed by atoms with Gasteiger partial charge >= 0.3 is 0 Å². The molecule has 64 valence electrons. The Labute approximate surface area is 76.8 Å². The molecule has 12 heavy (non-hydrogen) atoms. The average molecular weight is 179 g/mol. The topological polar surface area (TPSA) is 12.0 Å². The molecule has 1 saturated heterocycles. The first-order chi connectivity index (χ1) is 5.92. The van der Waals surface area contributed by atoms with Crippen LogP contribution in [0.4, 0.5) is 0 Å². The Bertz CT molecular complexity index is 280. The molecule has 0 amide bonds. The maximum atomic E-state index is 3.68. The van der Waals surface area contributed by atoms with Crippen molar-refractivity contribution >= 4 is 11.3 Å². The van der Waals surface area contributed by atoms with Gasteiger partial charge in [0.1, 0.15) is 0 Å². The van der Waals surface area contributed by atoms with E-state index in [9.17, 15) is 0 Å². The van der Waals surface area contributed by atoms with E-state index in [1.165, 1.54) is 25.8 Å². The highest BCUT2D eigenvalue weighted by molar-refractivity contribution is 7.10. The predicted molar refractivity (Wildman–Crippen MR) is 51.3 cm³/mol. The lowest BCUT2D eigenvalue weighted by Gasteiger charge is -2.44. The van der Waals surface area contributed by atoms with Gasteiger partial charge in [0.15, 0.2) is 0 Å². The van der Waals surface area contributed by atoms with Gasteiger partial charge in [0.2, 0.25) is 0 Å². The normalized spacial score (nSPS) is 39.2. The molecular formula is C10H13NS. The first-order valence-corrected chi connectivity index (χ1v) is 5.59. The van der Waals surface area contributed by atoms with Crippen molar-refractivity contribution in [2.45, 2.75) is 24.8 Å². The Balaban J connectivity index is 2.01. The summed E-state index contributed by atoms with van der Waals surface area (Å²) in [5.74, 6) is 0.941. The van der Waals surface area contributed by atoms with Crippen LogP contribution < -0.4 is 5.32 Å². The summed E-state index contributed by atoms with van der Waals surface area (Å²) >= 11 is 1.91. The van der Waals surface area contributed by atoms with E-state index >= 15 is 0 Å². The van der Waals surface area contributed by atoms with Gasteiger partial charge in [-0.3, -0.25) is 0 Å². The van der Waals surface area contributed by atoms with E-state index in [2.05, 4.69) is 22.8 Å². The highest BCUT2D eigenvalue weighted by atomic mass is 32.1. The fraction of sp³-hybridized carbons (Fsp3) is 0.600. The SMILES string of the molecule is c1csc([C@@]23CC[C@@H]2CCN3)c1. The molecule has 2 heteroatoms. The summed E-state index contributed by atoms with van der Waals surface area (Å²) in [6.07, 6.45) is 4.18. The number of fused-ring (bicyclic) bond motifs is 1. The van der Waals surface area contributed by atoms with Crippen molar-refractivity contribution in [2.24, 2.45) is 5.92 Å². The molecule has 2 heterocycles. The van der Waals surface area contributed by atoms with Crippen LogP contribution in [0.15, 0.2) is 17.5 Å². The van der Waals surface area contributed by atoms with E-state index in [0.29, 0.717) is 5.54 Å². The van der Waals surface area contributed by atoms with Crippen molar-refractivity contribution in [3.63, 3.8) is 0 Å². The maximum absolute atomic E-state index is 3.68. The number of rotatable bonds is 1. The van der Waals surface area contributed by atoms with Crippen molar-refractivity contribution in [1.29, 1.82) is 0 Å². The summed E-state index contributed by atoms with van der Waals surface area (Å²) in [5.41, 5.74) is 0.425. The monoisotopic (exact) mass is 179 g/mol. The van der Waals surface area contributed by atoms with E-state index < -0.39 is 0 Å². The Morgan fingerprint density at radius 2 is 2.50 bits per heavy atom. The van der Waals surface area contributed by atoms with Gasteiger partial charge in [-0.25, -0.2) is 0 Å². The zero-order chi connectivity index (χ0) is 8.02. The predicted octanol–water partition coefficient (Wildman–Crippen LogP) is 2.35. The van der Waals surface area contributed by atoms with E-state index in [1.807, 2.05) is 11.3 Å². The second-order valence-corrected chi connectivity index (χ2v) is 4.85. The van der Waals surface area contributed by atoms with Crippen molar-refractivity contribution in [3.05, 3.63) is 22.4 Å². The smallest absolute Gasteiger partial charge is 0.0557 e. The Morgan fingerprint density at radius 1 is 1.50 bits per heavy atom. The molecule has 1 aromatic heterocycles. The van der Waals surface area contributed by atoms with Gasteiger partial charge in [0.25, 0.3) is 0 Å². The molecule has 1 nitrogen and oxygen atoms in total. The summed E-state index contributed by atoms with van der Waals surface area (Å²) in [5, 5.41) is 5.88. The number of hydrogen-bond acceptors (Lipinski definition) is 2. The minimum atomic E-state index is 0.425. The van der Waals surface area contributed by atoms with Crippen LogP contribution >= 0.6 is 11.3 Å². The van der Waals surface area contributed by atoms with Crippen LogP contribution in [0.25, 0.3) is 0 Å². The molecule has 1 aromatic rings. The standard InChI is InChI=1S/C10H13NS/c1-2-9(12-7-1)10-5-3-8(10)4-6-11-10/h1-2,7-8,11H,3-6H2/t8-,10-/m1/s1. The molecule has 2 fully saturated rings. The second-order valence-electron chi connectivity index (χ2n) is 3.90. The molecule has 3 rings (SSSR count). The average Bonchev–Trinajstić information content (AvgIpc) is 2.61. The molecular weight excluding hydrogens is 166 g/mol. The number of hydrogen-bond donors (Lipinski definition) is 1. The summed E-state index contributed by atoms with van der Waals surface area (Å²) in [6, 6.07) is 4.46. The summed E-state index contributed by atoms with van der Waals surface area (Å²) < 4.78 is 0. The molecule has 0 bridgehead atoms. The molecule has 1 aliphatic heterocycles. The van der Waals surface area contributed by atoms with Crippen LogP contribution in [0.1, 0.15) is 24.1 Å². The summed E-state index contributed by atoms with van der Waals surface area (Å²) in [6.45, 7) is 1.22. The first-order valence-electron chi connectivity index (χ1n) is 4.71. The van der Waals surface area contributed by atoms with Gasteiger partial charge in [-0.2, -0.15) is 0 Å². The minimum Gasteiger partial charge on any atom is -0.306 e. The van der Waals surface area contributed by atoms with E-state index in [-0.39, 0.29) is 0 Å². The molecule has 1 saturated carbocycles. The molecule has 0 unspecified atom stereocenters. The largest absolute Gasteiger partial charge is 0.306 e. The quantitative estimate of drug-likeness (QED) is 0.697. The molecule has 2 aliphatic rings. The molecule has 0 radical (unpaired) electrons. The highest BCUT2D eigenvalue weighted by Gasteiger charge is 2.51. The minimum absolute atomic E-state index is 0.425. The van der Waals surface area contributed by atoms with E-state index in [4.69, 9.17) is 0 Å². The van der Waals surface area contributed by atoms with Crippen LogP contribution in [-0.2, 0) is 5.54 Å². The second kappa shape index (κ2) is 2.33. The molecule has 0 aromatic carbocycles. The lowest BCUT2D eigenvalue weighted by molar-refractivity contribution is 0.140. The van der Waals surface area contributed by atoms with Gasteiger partial charge < -0.3 is 5.32 Å². The lowest BCUT2D eigenvalue weighted by atomic mass is 9.67. The Morgan fingerprint density at radius 3 is 3.08 bits per heavy atom. The fourth-order valence-electron chi connectivity index (χ4n) is 2.67. The highest BCUT2D eigenvalue weighted by Crippen LogP contribution is 2.52. The Kier molecular flexibility index (Phi) is 1.38. The molecule has 2 atom stereocenters. The van der Waals surface area contributed by atoms with E-state index in [1.54, 1.807) is 4.88 Å². The van der Waals surface area contributed by atoms with Gasteiger partial charge in [0, 0.05) is 4.88 Å². The fourth-order valence-corrected chi connectivity index (χ4v) is 3.69. The molecule has 0 spiro atoms. The Hall–Kier alpha value is -0.340. The van der Waals surface area contributed by atoms with Crippen LogP contribution in [-0.4, -0.2) is 6.54 Å². The first kappa shape index (κ1) is 7.10. The van der Waals surface area contributed by atoms with Crippen LogP contribution in [0, 0.1) is 5.92 Å². The zero-order valence-electron chi connectivity index (χ0n) is 7.05. The van der Waals surface area contributed by atoms with Gasteiger partial charge in [-0.05, 0) is 43.2 Å². The van der Waals surface area contributed by atoms with Gasteiger partial charge in [0.05, 0.1) is 5.54 Å². The third-order valence-electron chi connectivity index (χ3n) is 3.48. The third kappa shape index (κ3) is 0.723. The van der Waals surface area contributed by atoms with Crippen LogP contribution in [0.2, 0.25) is 0 Å². The zero-order valence-corrected chi connectivity index (χ0v) is 7.86. The number of thiophene rings is 1. The lowest BCUT2D eigenvalue weighted by Crippen LogP contribution is -2.48. The maximum Gasteiger partial charge on any atom is 0.0557 e. The van der Waals surface area contributed by atoms with Crippen molar-refractivity contribution < 1.29 is 0 Å².